The van der Waals surface area contributed by atoms with Gasteiger partial charge in [-0.15, -0.1) is 0 Å². The largest absolute Gasteiger partial charge is 0.388 e. The highest BCUT2D eigenvalue weighted by atomic mass is 127. The van der Waals surface area contributed by atoms with Crippen molar-refractivity contribution in [2.75, 3.05) is 0 Å². The molecular formula is C15H11ClI2N2O. The molecule has 0 amide bonds. The molecule has 1 heterocycles. The van der Waals surface area contributed by atoms with Crippen LogP contribution in [-0.4, -0.2) is 14.7 Å². The number of nitrogens with zero attached hydrogens (tertiary/aromatic N) is 2. The Morgan fingerprint density at radius 3 is 2.43 bits per heavy atom. The maximum atomic E-state index is 9.57. The third-order valence-corrected chi connectivity index (χ3v) is 6.33. The van der Waals surface area contributed by atoms with E-state index in [9.17, 15) is 5.11 Å². The van der Waals surface area contributed by atoms with Crippen molar-refractivity contribution >= 4 is 67.8 Å². The summed E-state index contributed by atoms with van der Waals surface area (Å²) in [4.78, 5) is 4.53. The van der Waals surface area contributed by atoms with Crippen LogP contribution in [0.1, 0.15) is 11.4 Å². The molecule has 0 bridgehead atoms. The highest BCUT2D eigenvalue weighted by molar-refractivity contribution is 14.1. The van der Waals surface area contributed by atoms with Crippen LogP contribution in [-0.2, 0) is 13.2 Å². The molecule has 1 N–H and O–H groups in total. The first kappa shape index (κ1) is 15.5. The second-order valence-electron chi connectivity index (χ2n) is 4.65. The molecule has 0 radical (unpaired) electrons. The van der Waals surface area contributed by atoms with Crippen molar-refractivity contribution in [1.82, 2.24) is 9.55 Å². The van der Waals surface area contributed by atoms with E-state index in [-0.39, 0.29) is 6.61 Å². The Hall–Kier alpha value is -0.380. The molecular weight excluding hydrogens is 513 g/mol. The number of rotatable bonds is 3. The summed E-state index contributed by atoms with van der Waals surface area (Å²) in [6, 6.07) is 11.9. The van der Waals surface area contributed by atoms with Crippen LogP contribution in [0.4, 0.5) is 0 Å². The summed E-state index contributed by atoms with van der Waals surface area (Å²) in [5, 5.41) is 10.3. The van der Waals surface area contributed by atoms with Gasteiger partial charge in [0.1, 0.15) is 12.4 Å². The summed E-state index contributed by atoms with van der Waals surface area (Å²) in [5.41, 5.74) is 3.08. The highest BCUT2D eigenvalue weighted by Crippen LogP contribution is 2.25. The van der Waals surface area contributed by atoms with E-state index in [0.717, 1.165) is 21.6 Å². The third kappa shape index (κ3) is 3.20. The first-order valence-electron chi connectivity index (χ1n) is 6.28. The Bertz CT molecular complexity index is 800. The fraction of sp³-hybridized carbons (Fsp3) is 0.133. The fourth-order valence-corrected chi connectivity index (χ4v) is 3.27. The molecule has 2 aromatic carbocycles. The molecule has 0 saturated carbocycles. The lowest BCUT2D eigenvalue weighted by Crippen LogP contribution is -2.05. The lowest BCUT2D eigenvalue weighted by atomic mass is 10.2. The Labute approximate surface area is 154 Å². The van der Waals surface area contributed by atoms with E-state index in [1.165, 1.54) is 7.14 Å². The van der Waals surface area contributed by atoms with Gasteiger partial charge in [0.2, 0.25) is 0 Å². The van der Waals surface area contributed by atoms with Gasteiger partial charge in [-0.05, 0) is 75.0 Å². The van der Waals surface area contributed by atoms with Crippen LogP contribution in [0.2, 0.25) is 5.02 Å². The highest BCUT2D eigenvalue weighted by Gasteiger charge is 2.12. The molecule has 0 fully saturated rings. The van der Waals surface area contributed by atoms with E-state index >= 15 is 0 Å². The monoisotopic (exact) mass is 524 g/mol. The van der Waals surface area contributed by atoms with Crippen molar-refractivity contribution in [2.45, 2.75) is 13.2 Å². The number of hydrogen-bond donors (Lipinski definition) is 1. The molecule has 0 aliphatic carbocycles. The minimum Gasteiger partial charge on any atom is -0.388 e. The first-order chi connectivity index (χ1) is 10.1. The van der Waals surface area contributed by atoms with Crippen molar-refractivity contribution in [3.63, 3.8) is 0 Å². The zero-order chi connectivity index (χ0) is 15.0. The lowest BCUT2D eigenvalue weighted by Gasteiger charge is -2.08. The van der Waals surface area contributed by atoms with Crippen LogP contribution in [0, 0.1) is 7.14 Å². The van der Waals surface area contributed by atoms with Gasteiger partial charge in [0.15, 0.2) is 0 Å². The van der Waals surface area contributed by atoms with E-state index in [0.29, 0.717) is 12.4 Å². The molecule has 0 atom stereocenters. The lowest BCUT2D eigenvalue weighted by molar-refractivity contribution is 0.267. The van der Waals surface area contributed by atoms with Gasteiger partial charge in [-0.3, -0.25) is 0 Å². The van der Waals surface area contributed by atoms with Crippen LogP contribution in [0.15, 0.2) is 36.4 Å². The molecule has 0 aliphatic rings. The average Bonchev–Trinajstić information content (AvgIpc) is 2.79. The minimum absolute atomic E-state index is 0.0740. The summed E-state index contributed by atoms with van der Waals surface area (Å²) >= 11 is 10.5. The molecule has 0 saturated heterocycles. The molecule has 21 heavy (non-hydrogen) atoms. The second kappa shape index (κ2) is 6.39. The fourth-order valence-electron chi connectivity index (χ4n) is 2.24. The van der Waals surface area contributed by atoms with E-state index < -0.39 is 0 Å². The van der Waals surface area contributed by atoms with Crippen molar-refractivity contribution in [2.24, 2.45) is 0 Å². The van der Waals surface area contributed by atoms with Crippen molar-refractivity contribution in [3.8, 4) is 0 Å². The molecule has 0 unspecified atom stereocenters. The van der Waals surface area contributed by atoms with Crippen molar-refractivity contribution in [3.05, 3.63) is 59.9 Å². The summed E-state index contributed by atoms with van der Waals surface area (Å²) in [6.07, 6.45) is 0. The second-order valence-corrected chi connectivity index (χ2v) is 7.41. The van der Waals surface area contributed by atoms with Crippen LogP contribution < -0.4 is 0 Å². The molecule has 108 valence electrons. The Morgan fingerprint density at radius 2 is 1.76 bits per heavy atom. The van der Waals surface area contributed by atoms with E-state index in [2.05, 4.69) is 66.9 Å². The molecule has 0 aliphatic heterocycles. The molecule has 6 heteroatoms. The van der Waals surface area contributed by atoms with Gasteiger partial charge in [-0.25, -0.2) is 4.98 Å². The van der Waals surface area contributed by atoms with Gasteiger partial charge in [-0.2, -0.15) is 0 Å². The van der Waals surface area contributed by atoms with Gasteiger partial charge in [0.25, 0.3) is 0 Å². The predicted molar refractivity (Wildman–Crippen MR) is 102 cm³/mol. The van der Waals surface area contributed by atoms with Crippen LogP contribution >= 0.6 is 56.8 Å². The molecule has 3 aromatic rings. The zero-order valence-electron chi connectivity index (χ0n) is 10.9. The van der Waals surface area contributed by atoms with Gasteiger partial charge < -0.3 is 9.67 Å². The molecule has 3 nitrogen and oxygen atoms in total. The number of fused-ring (bicyclic) bond motifs is 1. The quantitative estimate of drug-likeness (QED) is 0.515. The zero-order valence-corrected chi connectivity index (χ0v) is 15.9. The Morgan fingerprint density at radius 1 is 1.10 bits per heavy atom. The normalized spacial score (nSPS) is 11.2. The predicted octanol–water partition coefficient (Wildman–Crippen LogP) is 4.44. The van der Waals surface area contributed by atoms with Crippen molar-refractivity contribution < 1.29 is 5.11 Å². The topological polar surface area (TPSA) is 38.1 Å². The summed E-state index contributed by atoms with van der Waals surface area (Å²) < 4.78 is 4.40. The smallest absolute Gasteiger partial charge is 0.136 e. The number of imidazole rings is 1. The maximum Gasteiger partial charge on any atom is 0.136 e. The molecule has 0 spiro atoms. The number of hydrogen-bond acceptors (Lipinski definition) is 2. The van der Waals surface area contributed by atoms with E-state index in [1.54, 1.807) is 0 Å². The average molecular weight is 525 g/mol. The van der Waals surface area contributed by atoms with Gasteiger partial charge in [0, 0.05) is 18.7 Å². The third-order valence-electron chi connectivity index (χ3n) is 3.26. The summed E-state index contributed by atoms with van der Waals surface area (Å²) in [5.74, 6) is 0.678. The minimum atomic E-state index is -0.0740. The Kier molecular flexibility index (Phi) is 4.72. The first-order valence-corrected chi connectivity index (χ1v) is 8.81. The van der Waals surface area contributed by atoms with Gasteiger partial charge in [-0.1, -0.05) is 23.7 Å². The Balaban J connectivity index is 2.11. The molecule has 1 aromatic heterocycles. The number of aliphatic hydroxyl groups is 1. The van der Waals surface area contributed by atoms with Crippen LogP contribution in [0.3, 0.4) is 0 Å². The summed E-state index contributed by atoms with van der Waals surface area (Å²) in [6.45, 7) is 0.593. The number of aromatic nitrogens is 2. The van der Waals surface area contributed by atoms with E-state index in [1.807, 2.05) is 24.3 Å². The standard InChI is InChI=1S/C15H11ClI2N2O/c16-10-3-1-9(2-4-10)7-20-14-6-12(18)11(17)5-13(14)19-15(20)8-21/h1-6,21H,7-8H2. The van der Waals surface area contributed by atoms with Gasteiger partial charge >= 0.3 is 0 Å². The van der Waals surface area contributed by atoms with Crippen LogP contribution in [0.25, 0.3) is 11.0 Å². The number of halogens is 3. The van der Waals surface area contributed by atoms with E-state index in [4.69, 9.17) is 11.6 Å². The number of benzene rings is 2. The summed E-state index contributed by atoms with van der Waals surface area (Å²) in [7, 11) is 0. The molecule has 3 rings (SSSR count). The SMILES string of the molecule is OCc1nc2cc(I)c(I)cc2n1Cc1ccc(Cl)cc1. The maximum absolute atomic E-state index is 9.57. The van der Waals surface area contributed by atoms with Crippen molar-refractivity contribution in [1.29, 1.82) is 0 Å². The number of aliphatic hydroxyl groups excluding tert-OH is 1. The van der Waals surface area contributed by atoms with Crippen LogP contribution in [0.5, 0.6) is 0 Å². The van der Waals surface area contributed by atoms with Gasteiger partial charge in [0.05, 0.1) is 11.0 Å².